The van der Waals surface area contributed by atoms with Gasteiger partial charge in [0.25, 0.3) is 0 Å². The van der Waals surface area contributed by atoms with Crippen molar-refractivity contribution in [1.29, 1.82) is 0 Å². The van der Waals surface area contributed by atoms with Crippen molar-refractivity contribution < 1.29 is 4.79 Å². The molecule has 0 bridgehead atoms. The third-order valence-corrected chi connectivity index (χ3v) is 5.38. The Balaban J connectivity index is 1.53. The fourth-order valence-electron chi connectivity index (χ4n) is 4.03. The minimum Gasteiger partial charge on any atom is -0.333 e. The van der Waals surface area contributed by atoms with Gasteiger partial charge in [0.05, 0.1) is 6.54 Å². The summed E-state index contributed by atoms with van der Waals surface area (Å²) < 4.78 is 2.13. The van der Waals surface area contributed by atoms with Crippen molar-refractivity contribution in [3.05, 3.63) is 36.2 Å². The molecule has 2 atom stereocenters. The molecule has 6 heteroatoms. The van der Waals surface area contributed by atoms with Crippen LogP contribution in [0.4, 0.5) is 0 Å². The first-order chi connectivity index (χ1) is 11.8. The largest absolute Gasteiger partial charge is 0.333 e. The zero-order valence-electron chi connectivity index (χ0n) is 13.8. The van der Waals surface area contributed by atoms with E-state index >= 15 is 0 Å². The fraction of sp³-hybridized carbons (Fsp3) is 0.500. The quantitative estimate of drug-likeness (QED) is 0.931. The highest BCUT2D eigenvalue weighted by Crippen LogP contribution is 2.33. The molecule has 0 unspecified atom stereocenters. The number of hydrogen-bond donors (Lipinski definition) is 1. The van der Waals surface area contributed by atoms with Gasteiger partial charge < -0.3 is 15.2 Å². The minimum atomic E-state index is 0.0954. The lowest BCUT2D eigenvalue weighted by atomic mass is 9.94. The van der Waals surface area contributed by atoms with Gasteiger partial charge in [-0.15, -0.1) is 10.2 Å². The van der Waals surface area contributed by atoms with Crippen molar-refractivity contribution in [2.75, 3.05) is 13.1 Å². The molecule has 24 heavy (non-hydrogen) atoms. The maximum atomic E-state index is 12.9. The molecule has 4 rings (SSSR count). The maximum absolute atomic E-state index is 12.9. The van der Waals surface area contributed by atoms with E-state index in [1.54, 1.807) is 0 Å². The lowest BCUT2D eigenvalue weighted by Crippen LogP contribution is -2.43. The second-order valence-corrected chi connectivity index (χ2v) is 6.75. The Kier molecular flexibility index (Phi) is 4.06. The summed E-state index contributed by atoms with van der Waals surface area (Å²) in [5, 5.41) is 8.67. The molecule has 1 aliphatic heterocycles. The number of hydrogen-bond acceptors (Lipinski definition) is 4. The summed E-state index contributed by atoms with van der Waals surface area (Å²) in [7, 11) is 0. The van der Waals surface area contributed by atoms with E-state index in [1.807, 2.05) is 35.2 Å². The maximum Gasteiger partial charge on any atom is 0.226 e. The molecular weight excluding hydrogens is 302 g/mol. The molecule has 1 fully saturated rings. The van der Waals surface area contributed by atoms with Gasteiger partial charge in [-0.1, -0.05) is 36.8 Å². The minimum absolute atomic E-state index is 0.0954. The first kappa shape index (κ1) is 15.3. The predicted octanol–water partition coefficient (Wildman–Crippen LogP) is 1.66. The highest BCUT2D eigenvalue weighted by atomic mass is 16.2. The van der Waals surface area contributed by atoms with E-state index in [0.29, 0.717) is 19.0 Å². The van der Waals surface area contributed by atoms with Crippen LogP contribution in [0.25, 0.3) is 11.4 Å². The molecule has 126 valence electrons. The second kappa shape index (κ2) is 6.36. The first-order valence-corrected chi connectivity index (χ1v) is 8.74. The molecule has 1 aromatic heterocycles. The number of rotatable bonds is 3. The molecule has 0 spiro atoms. The second-order valence-electron chi connectivity index (χ2n) is 6.75. The number of amides is 1. The average Bonchev–Trinajstić information content (AvgIpc) is 3.27. The average molecular weight is 325 g/mol. The number of carbonyl (C=O) groups is 1. The topological polar surface area (TPSA) is 77.0 Å². The summed E-state index contributed by atoms with van der Waals surface area (Å²) in [6.45, 7) is 2.63. The molecule has 6 nitrogen and oxygen atoms in total. The summed E-state index contributed by atoms with van der Waals surface area (Å²) in [6, 6.07) is 10.1. The van der Waals surface area contributed by atoms with Crippen LogP contribution < -0.4 is 5.73 Å². The molecule has 0 saturated heterocycles. The van der Waals surface area contributed by atoms with Gasteiger partial charge in [0, 0.05) is 24.6 Å². The van der Waals surface area contributed by atoms with Crippen LogP contribution in [0, 0.1) is 11.8 Å². The van der Waals surface area contributed by atoms with Crippen molar-refractivity contribution in [2.45, 2.75) is 32.4 Å². The molecule has 1 saturated carbocycles. The van der Waals surface area contributed by atoms with Gasteiger partial charge in [-0.25, -0.2) is 0 Å². The van der Waals surface area contributed by atoms with Crippen LogP contribution >= 0.6 is 0 Å². The normalized spacial score (nSPS) is 23.3. The van der Waals surface area contributed by atoms with Crippen LogP contribution in [-0.2, 0) is 17.9 Å². The van der Waals surface area contributed by atoms with Crippen LogP contribution in [0.2, 0.25) is 0 Å². The van der Waals surface area contributed by atoms with Crippen molar-refractivity contribution in [2.24, 2.45) is 17.6 Å². The van der Waals surface area contributed by atoms with Gasteiger partial charge in [-0.05, 0) is 25.3 Å². The Morgan fingerprint density at radius 1 is 1.17 bits per heavy atom. The Morgan fingerprint density at radius 3 is 2.79 bits per heavy atom. The zero-order valence-corrected chi connectivity index (χ0v) is 13.8. The standard InChI is InChI=1S/C18H23N5O/c19-11-14-7-4-8-15(14)18(24)22-9-10-23-16(12-22)20-21-17(23)13-5-2-1-3-6-13/h1-3,5-6,14-15H,4,7-12,19H2/t14-,15-/m1/s1. The van der Waals surface area contributed by atoms with Crippen molar-refractivity contribution in [3.8, 4) is 11.4 Å². The van der Waals surface area contributed by atoms with Gasteiger partial charge in [0.2, 0.25) is 5.91 Å². The smallest absolute Gasteiger partial charge is 0.226 e. The third-order valence-electron chi connectivity index (χ3n) is 5.38. The molecule has 2 heterocycles. The van der Waals surface area contributed by atoms with Gasteiger partial charge in [0.15, 0.2) is 11.6 Å². The molecule has 1 aliphatic carbocycles. The number of nitrogens with zero attached hydrogens (tertiary/aromatic N) is 4. The SMILES string of the molecule is NC[C@H]1CCC[C@H]1C(=O)N1CCn2c(nnc2-c2ccccc2)C1. The summed E-state index contributed by atoms with van der Waals surface area (Å²) in [6.07, 6.45) is 3.16. The number of benzene rings is 1. The van der Waals surface area contributed by atoms with Crippen LogP contribution in [0.1, 0.15) is 25.1 Å². The Morgan fingerprint density at radius 2 is 2.00 bits per heavy atom. The van der Waals surface area contributed by atoms with Gasteiger partial charge in [-0.3, -0.25) is 4.79 Å². The van der Waals surface area contributed by atoms with Crippen LogP contribution in [-0.4, -0.2) is 38.7 Å². The molecular formula is C18H23N5O. The van der Waals surface area contributed by atoms with E-state index in [1.165, 1.54) is 0 Å². The molecule has 1 aromatic carbocycles. The number of aromatic nitrogens is 3. The number of nitrogens with two attached hydrogens (primary N) is 1. The fourth-order valence-corrected chi connectivity index (χ4v) is 4.03. The Hall–Kier alpha value is -2.21. The van der Waals surface area contributed by atoms with Crippen LogP contribution in [0.5, 0.6) is 0 Å². The third kappa shape index (κ3) is 2.60. The van der Waals surface area contributed by atoms with E-state index in [0.717, 1.165) is 49.6 Å². The Labute approximate surface area is 141 Å². The zero-order chi connectivity index (χ0) is 16.5. The molecule has 2 aromatic rings. The van der Waals surface area contributed by atoms with Crippen molar-refractivity contribution in [3.63, 3.8) is 0 Å². The van der Waals surface area contributed by atoms with E-state index in [9.17, 15) is 4.79 Å². The number of carbonyl (C=O) groups excluding carboxylic acids is 1. The molecule has 2 N–H and O–H groups in total. The molecule has 2 aliphatic rings. The summed E-state index contributed by atoms with van der Waals surface area (Å²) >= 11 is 0. The van der Waals surface area contributed by atoms with Crippen molar-refractivity contribution in [1.82, 2.24) is 19.7 Å². The van der Waals surface area contributed by atoms with E-state index in [2.05, 4.69) is 14.8 Å². The highest BCUT2D eigenvalue weighted by Gasteiger charge is 2.36. The van der Waals surface area contributed by atoms with E-state index in [-0.39, 0.29) is 11.8 Å². The monoisotopic (exact) mass is 325 g/mol. The van der Waals surface area contributed by atoms with E-state index in [4.69, 9.17) is 5.73 Å². The van der Waals surface area contributed by atoms with Crippen molar-refractivity contribution >= 4 is 5.91 Å². The van der Waals surface area contributed by atoms with Gasteiger partial charge >= 0.3 is 0 Å². The van der Waals surface area contributed by atoms with Crippen LogP contribution in [0.15, 0.2) is 30.3 Å². The summed E-state index contributed by atoms with van der Waals surface area (Å²) in [5.74, 6) is 2.45. The van der Waals surface area contributed by atoms with Crippen LogP contribution in [0.3, 0.4) is 0 Å². The van der Waals surface area contributed by atoms with Gasteiger partial charge in [-0.2, -0.15) is 0 Å². The highest BCUT2D eigenvalue weighted by molar-refractivity contribution is 5.79. The molecule has 1 amide bonds. The first-order valence-electron chi connectivity index (χ1n) is 8.74. The van der Waals surface area contributed by atoms with E-state index < -0.39 is 0 Å². The van der Waals surface area contributed by atoms with Gasteiger partial charge in [0.1, 0.15) is 0 Å². The Bertz CT molecular complexity index is 726. The molecule has 0 radical (unpaired) electrons. The lowest BCUT2D eigenvalue weighted by molar-refractivity contribution is -0.138. The lowest BCUT2D eigenvalue weighted by Gasteiger charge is -2.31. The number of fused-ring (bicyclic) bond motifs is 1. The summed E-state index contributed by atoms with van der Waals surface area (Å²) in [4.78, 5) is 14.8. The predicted molar refractivity (Wildman–Crippen MR) is 90.8 cm³/mol. The summed E-state index contributed by atoms with van der Waals surface area (Å²) in [5.41, 5.74) is 6.90.